The number of hydrogen-bond acceptors (Lipinski definition) is 3. The number of anilines is 1. The van der Waals surface area contributed by atoms with Crippen LogP contribution in [0.1, 0.15) is 24.2 Å². The van der Waals surface area contributed by atoms with Gasteiger partial charge < -0.3 is 10.1 Å². The van der Waals surface area contributed by atoms with Crippen LogP contribution in [-0.4, -0.2) is 17.8 Å². The fraction of sp³-hybridized carbons (Fsp3) is 0.176. The molecular weight excluding hydrogens is 302 g/mol. The molecule has 0 aliphatic rings. The van der Waals surface area contributed by atoms with Gasteiger partial charge in [0, 0.05) is 16.3 Å². The molecule has 0 radical (unpaired) electrons. The summed E-state index contributed by atoms with van der Waals surface area (Å²) in [6.07, 6.45) is -0.668. The molecule has 2 aromatic carbocycles. The van der Waals surface area contributed by atoms with Crippen molar-refractivity contribution in [2.75, 3.05) is 5.32 Å². The van der Waals surface area contributed by atoms with Crippen LogP contribution in [0.4, 0.5) is 5.69 Å². The third-order valence-electron chi connectivity index (χ3n) is 3.05. The summed E-state index contributed by atoms with van der Waals surface area (Å²) in [5, 5.41) is 3.35. The third-order valence-corrected chi connectivity index (χ3v) is 3.31. The number of benzene rings is 2. The van der Waals surface area contributed by atoms with E-state index in [2.05, 4.69) is 5.32 Å². The van der Waals surface area contributed by atoms with Crippen LogP contribution in [0, 0.1) is 0 Å². The Balaban J connectivity index is 1.95. The van der Waals surface area contributed by atoms with Crippen molar-refractivity contribution in [3.05, 3.63) is 59.1 Å². The van der Waals surface area contributed by atoms with Crippen LogP contribution in [0.5, 0.6) is 5.75 Å². The minimum atomic E-state index is -0.668. The van der Waals surface area contributed by atoms with Crippen molar-refractivity contribution in [1.29, 1.82) is 0 Å². The molecule has 114 valence electrons. The van der Waals surface area contributed by atoms with E-state index in [1.54, 1.807) is 55.5 Å². The summed E-state index contributed by atoms with van der Waals surface area (Å²) in [6.45, 7) is 3.15. The van der Waals surface area contributed by atoms with Crippen LogP contribution >= 0.6 is 11.6 Å². The van der Waals surface area contributed by atoms with Crippen LogP contribution in [0.3, 0.4) is 0 Å². The van der Waals surface area contributed by atoms with Crippen molar-refractivity contribution >= 4 is 29.0 Å². The van der Waals surface area contributed by atoms with Crippen LogP contribution in [0.15, 0.2) is 48.5 Å². The molecule has 1 atom stereocenters. The first kappa shape index (κ1) is 16.0. The molecule has 1 amide bonds. The van der Waals surface area contributed by atoms with E-state index in [9.17, 15) is 9.59 Å². The molecule has 0 bridgehead atoms. The monoisotopic (exact) mass is 317 g/mol. The summed E-state index contributed by atoms with van der Waals surface area (Å²) < 4.78 is 5.56. The first-order valence-electron chi connectivity index (χ1n) is 6.80. The van der Waals surface area contributed by atoms with Gasteiger partial charge >= 0.3 is 0 Å². The smallest absolute Gasteiger partial charge is 0.265 e. The van der Waals surface area contributed by atoms with Crippen LogP contribution in [0.2, 0.25) is 5.02 Å². The van der Waals surface area contributed by atoms with E-state index in [4.69, 9.17) is 16.3 Å². The SMILES string of the molecule is CC(=O)c1ccc(O[C@H](C)C(=O)Nc2ccc(Cl)cc2)cc1. The number of carbonyl (C=O) groups is 2. The highest BCUT2D eigenvalue weighted by Crippen LogP contribution is 2.16. The molecule has 5 heteroatoms. The molecule has 0 fully saturated rings. The van der Waals surface area contributed by atoms with E-state index in [-0.39, 0.29) is 11.7 Å². The first-order chi connectivity index (χ1) is 10.5. The predicted octanol–water partition coefficient (Wildman–Crippen LogP) is 3.95. The van der Waals surface area contributed by atoms with Gasteiger partial charge in [0.2, 0.25) is 0 Å². The van der Waals surface area contributed by atoms with Crippen LogP contribution in [-0.2, 0) is 4.79 Å². The Labute approximate surface area is 134 Å². The quantitative estimate of drug-likeness (QED) is 0.850. The standard InChI is InChI=1S/C17H16ClNO3/c1-11(20)13-3-9-16(10-4-13)22-12(2)17(21)19-15-7-5-14(18)6-8-15/h3-10,12H,1-2H3,(H,19,21)/t12-/m1/s1. The summed E-state index contributed by atoms with van der Waals surface area (Å²) in [6, 6.07) is 13.5. The molecule has 2 aromatic rings. The van der Waals surface area contributed by atoms with Gasteiger partial charge in [-0.3, -0.25) is 9.59 Å². The maximum atomic E-state index is 12.1. The summed E-state index contributed by atoms with van der Waals surface area (Å²) in [5.74, 6) is 0.252. The molecular formula is C17H16ClNO3. The van der Waals surface area contributed by atoms with Gasteiger partial charge in [0.15, 0.2) is 11.9 Å². The number of amides is 1. The lowest BCUT2D eigenvalue weighted by atomic mass is 10.1. The molecule has 0 aliphatic carbocycles. The van der Waals surface area contributed by atoms with Crippen molar-refractivity contribution in [2.45, 2.75) is 20.0 Å². The Morgan fingerprint density at radius 1 is 1.05 bits per heavy atom. The van der Waals surface area contributed by atoms with E-state index in [0.717, 1.165) is 0 Å². The second kappa shape index (κ2) is 7.09. The average Bonchev–Trinajstić information content (AvgIpc) is 2.50. The molecule has 2 rings (SSSR count). The zero-order chi connectivity index (χ0) is 16.1. The Hall–Kier alpha value is -2.33. The van der Waals surface area contributed by atoms with Crippen molar-refractivity contribution in [1.82, 2.24) is 0 Å². The van der Waals surface area contributed by atoms with Gasteiger partial charge in [0.1, 0.15) is 5.75 Å². The number of Topliss-reactive ketones (excluding diaryl/α,β-unsaturated/α-hetero) is 1. The summed E-state index contributed by atoms with van der Waals surface area (Å²) in [7, 11) is 0. The number of rotatable bonds is 5. The normalized spacial score (nSPS) is 11.6. The van der Waals surface area contributed by atoms with Crippen molar-refractivity contribution in [2.24, 2.45) is 0 Å². The Kier molecular flexibility index (Phi) is 5.17. The van der Waals surface area contributed by atoms with Crippen LogP contribution < -0.4 is 10.1 Å². The van der Waals surface area contributed by atoms with Gasteiger partial charge in [-0.1, -0.05) is 11.6 Å². The fourth-order valence-electron chi connectivity index (χ4n) is 1.80. The number of hydrogen-bond donors (Lipinski definition) is 1. The number of carbonyl (C=O) groups excluding carboxylic acids is 2. The zero-order valence-corrected chi connectivity index (χ0v) is 13.1. The molecule has 0 aromatic heterocycles. The lowest BCUT2D eigenvalue weighted by Gasteiger charge is -2.15. The highest BCUT2D eigenvalue weighted by molar-refractivity contribution is 6.30. The lowest BCUT2D eigenvalue weighted by molar-refractivity contribution is -0.122. The number of ether oxygens (including phenoxy) is 1. The Bertz CT molecular complexity index is 665. The second-order valence-electron chi connectivity index (χ2n) is 4.84. The molecule has 0 unspecified atom stereocenters. The lowest BCUT2D eigenvalue weighted by Crippen LogP contribution is -2.30. The van der Waals surface area contributed by atoms with Gasteiger partial charge in [-0.25, -0.2) is 0 Å². The summed E-state index contributed by atoms with van der Waals surface area (Å²) >= 11 is 5.79. The third kappa shape index (κ3) is 4.33. The van der Waals surface area contributed by atoms with E-state index >= 15 is 0 Å². The van der Waals surface area contributed by atoms with Crippen molar-refractivity contribution < 1.29 is 14.3 Å². The first-order valence-corrected chi connectivity index (χ1v) is 7.17. The molecule has 0 saturated heterocycles. The number of halogens is 1. The molecule has 0 spiro atoms. The average molecular weight is 318 g/mol. The van der Waals surface area contributed by atoms with Crippen LogP contribution in [0.25, 0.3) is 0 Å². The van der Waals surface area contributed by atoms with E-state index in [1.165, 1.54) is 6.92 Å². The largest absolute Gasteiger partial charge is 0.481 e. The molecule has 22 heavy (non-hydrogen) atoms. The maximum Gasteiger partial charge on any atom is 0.265 e. The summed E-state index contributed by atoms with van der Waals surface area (Å²) in [4.78, 5) is 23.3. The predicted molar refractivity (Wildman–Crippen MR) is 86.6 cm³/mol. The van der Waals surface area contributed by atoms with E-state index in [1.807, 2.05) is 0 Å². The van der Waals surface area contributed by atoms with E-state index in [0.29, 0.717) is 22.0 Å². The molecule has 0 heterocycles. The van der Waals surface area contributed by atoms with Gasteiger partial charge in [0.05, 0.1) is 0 Å². The Morgan fingerprint density at radius 3 is 2.18 bits per heavy atom. The molecule has 0 saturated carbocycles. The topological polar surface area (TPSA) is 55.4 Å². The van der Waals surface area contributed by atoms with Crippen molar-refractivity contribution in [3.63, 3.8) is 0 Å². The maximum absolute atomic E-state index is 12.1. The highest BCUT2D eigenvalue weighted by Gasteiger charge is 2.15. The number of ketones is 1. The zero-order valence-electron chi connectivity index (χ0n) is 12.3. The second-order valence-corrected chi connectivity index (χ2v) is 5.27. The number of nitrogens with one attached hydrogen (secondary N) is 1. The minimum absolute atomic E-state index is 0.0138. The molecule has 1 N–H and O–H groups in total. The summed E-state index contributed by atoms with van der Waals surface area (Å²) in [5.41, 5.74) is 1.25. The Morgan fingerprint density at radius 2 is 1.64 bits per heavy atom. The van der Waals surface area contributed by atoms with Gasteiger partial charge in [-0.15, -0.1) is 0 Å². The molecule has 0 aliphatic heterocycles. The van der Waals surface area contributed by atoms with Gasteiger partial charge in [-0.2, -0.15) is 0 Å². The van der Waals surface area contributed by atoms with Gasteiger partial charge in [-0.05, 0) is 62.4 Å². The molecule has 4 nitrogen and oxygen atoms in total. The van der Waals surface area contributed by atoms with Gasteiger partial charge in [0.25, 0.3) is 5.91 Å². The van der Waals surface area contributed by atoms with Crippen molar-refractivity contribution in [3.8, 4) is 5.75 Å². The highest BCUT2D eigenvalue weighted by atomic mass is 35.5. The fourth-order valence-corrected chi connectivity index (χ4v) is 1.93. The minimum Gasteiger partial charge on any atom is -0.481 e. The van der Waals surface area contributed by atoms with E-state index < -0.39 is 6.10 Å².